The largest absolute Gasteiger partial charge is 0.497 e. The van der Waals surface area contributed by atoms with Crippen LogP contribution in [-0.4, -0.2) is 108 Å². The van der Waals surface area contributed by atoms with Crippen LogP contribution in [0.4, 0.5) is 0 Å². The summed E-state index contributed by atoms with van der Waals surface area (Å²) in [5, 5.41) is 12.2. The Morgan fingerprint density at radius 1 is 0.848 bits per heavy atom. The molecule has 0 spiro atoms. The van der Waals surface area contributed by atoms with Crippen molar-refractivity contribution in [2.24, 2.45) is 5.92 Å². The smallest absolute Gasteiger partial charge is 0.330 e. The minimum Gasteiger partial charge on any atom is -0.497 e. The maximum absolute atomic E-state index is 14.9. The zero-order valence-electron chi connectivity index (χ0n) is 47.2. The van der Waals surface area contributed by atoms with Gasteiger partial charge in [0.25, 0.3) is 19.6 Å². The standard InChI is InChI=1S/C57H76N7O13PSi/c1-36(2)64(37(3)4)78(73-30-16-28-58)76-45-32-50(63-34-38(5)52(67)61-55(63)69)74-46(45)33-59-49(66)31-44-51(77-79(11,12)56(6,7)8)47(75-53(44)62-29-27-48(65)60-54(62)68)35-72-57(39-17-14-13-15-18-39,40-19-23-42(70-9)24-20-40)41-21-25-43(71-10)26-22-41/h13-15,17-27,29,34,36-37,44-47,50-51,53H,16,30-33,35H2,1-12H3,(H,59,66)(H,60,65,68)(H,61,67,69)/t44-,45+,46-,47-,50-,51+,53-,78?/m1/s1. The van der Waals surface area contributed by atoms with Crippen molar-refractivity contribution >= 4 is 22.8 Å². The van der Waals surface area contributed by atoms with Crippen molar-refractivity contribution in [3.63, 3.8) is 0 Å². The molecule has 2 aliphatic rings. The molecule has 0 saturated carbocycles. The molecule has 0 bridgehead atoms. The summed E-state index contributed by atoms with van der Waals surface area (Å²) in [7, 11) is -1.35. The Balaban J connectivity index is 1.27. The van der Waals surface area contributed by atoms with Crippen molar-refractivity contribution in [3.8, 4) is 17.6 Å². The number of hydrogen-bond acceptors (Lipinski definition) is 15. The number of benzene rings is 3. The fourth-order valence-electron chi connectivity index (χ4n) is 9.88. The highest BCUT2D eigenvalue weighted by atomic mass is 31.2. The fraction of sp³-hybridized carbons (Fsp3) is 0.509. The third-order valence-corrected chi connectivity index (χ3v) is 21.5. The summed E-state index contributed by atoms with van der Waals surface area (Å²) in [5.74, 6) is 0.000123. The lowest BCUT2D eigenvalue weighted by atomic mass is 9.80. The van der Waals surface area contributed by atoms with Crippen LogP contribution in [0.15, 0.2) is 117 Å². The van der Waals surface area contributed by atoms with Gasteiger partial charge in [-0.25, -0.2) is 14.3 Å². The lowest BCUT2D eigenvalue weighted by molar-refractivity contribution is -0.124. The number of carbonyl (C=O) groups excluding carboxylic acids is 1. The van der Waals surface area contributed by atoms with Gasteiger partial charge in [-0.2, -0.15) is 5.26 Å². The molecule has 1 amide bonds. The second-order valence-electron chi connectivity index (χ2n) is 21.9. The third-order valence-electron chi connectivity index (χ3n) is 14.9. The summed E-state index contributed by atoms with van der Waals surface area (Å²) in [6, 6.07) is 28.4. The minimum absolute atomic E-state index is 0.0270. The monoisotopic (exact) mass is 1130 g/mol. The van der Waals surface area contributed by atoms with Crippen LogP contribution in [0.1, 0.15) is 102 Å². The quantitative estimate of drug-likeness (QED) is 0.0231. The number of aromatic nitrogens is 4. The van der Waals surface area contributed by atoms with Crippen LogP contribution in [0.2, 0.25) is 18.1 Å². The molecule has 22 heteroatoms. The SMILES string of the molecule is COc1ccc(C(OC[C@H]2O[C@@H](n3ccc(=O)[nH]c3=O)[C@H](CC(=O)NC[C@H]3O[C@@H](n4cc(C)c(=O)[nH]c4=O)C[C@@H]3OP(OCCC#N)N(C(C)C)C(C)C)[C@@H]2O[Si](C)(C)C(C)(C)C)(c2ccccc2)c2ccc(OC)cc2)cc1. The molecule has 1 unspecified atom stereocenters. The van der Waals surface area contributed by atoms with E-state index in [0.29, 0.717) is 17.1 Å². The lowest BCUT2D eigenvalue weighted by Gasteiger charge is -2.41. The Hall–Kier alpha value is -6.05. The second-order valence-corrected chi connectivity index (χ2v) is 28.1. The van der Waals surface area contributed by atoms with Gasteiger partial charge < -0.3 is 42.5 Å². The summed E-state index contributed by atoms with van der Waals surface area (Å²) in [6.07, 6.45) is -2.58. The van der Waals surface area contributed by atoms with E-state index in [4.69, 9.17) is 37.2 Å². The van der Waals surface area contributed by atoms with Crippen LogP contribution in [0.5, 0.6) is 11.5 Å². The maximum Gasteiger partial charge on any atom is 0.330 e. The van der Waals surface area contributed by atoms with E-state index in [1.54, 1.807) is 21.1 Å². The molecule has 2 fully saturated rings. The molecule has 4 heterocycles. The number of nitrogens with one attached hydrogen (secondary N) is 3. The highest BCUT2D eigenvalue weighted by Crippen LogP contribution is 2.51. The molecule has 3 aromatic carbocycles. The van der Waals surface area contributed by atoms with E-state index in [1.165, 1.54) is 27.6 Å². The van der Waals surface area contributed by atoms with E-state index in [2.05, 4.69) is 59.9 Å². The van der Waals surface area contributed by atoms with Gasteiger partial charge in [-0.15, -0.1) is 0 Å². The van der Waals surface area contributed by atoms with Gasteiger partial charge in [-0.1, -0.05) is 75.4 Å². The molecule has 2 aliphatic heterocycles. The van der Waals surface area contributed by atoms with Crippen LogP contribution >= 0.6 is 8.53 Å². The fourth-order valence-corrected chi connectivity index (χ4v) is 13.0. The predicted molar refractivity (Wildman–Crippen MR) is 301 cm³/mol. The Labute approximate surface area is 463 Å². The highest BCUT2D eigenvalue weighted by Gasteiger charge is 2.53. The lowest BCUT2D eigenvalue weighted by Crippen LogP contribution is -2.50. The molecule has 20 nitrogen and oxygen atoms in total. The van der Waals surface area contributed by atoms with Gasteiger partial charge in [0.05, 0.1) is 52.1 Å². The first-order valence-corrected chi connectivity index (χ1v) is 30.7. The molecule has 3 N–H and O–H groups in total. The number of aromatic amines is 2. The Morgan fingerprint density at radius 2 is 1.44 bits per heavy atom. The normalized spacial score (nSPS) is 21.1. The van der Waals surface area contributed by atoms with Gasteiger partial charge in [-0.05, 0) is 93.7 Å². The molecule has 79 heavy (non-hydrogen) atoms. The first-order chi connectivity index (χ1) is 37.5. The van der Waals surface area contributed by atoms with Gasteiger partial charge in [0.2, 0.25) is 5.91 Å². The predicted octanol–water partition coefficient (Wildman–Crippen LogP) is 7.78. The van der Waals surface area contributed by atoms with E-state index in [9.17, 15) is 29.2 Å². The number of nitrogens with zero attached hydrogens (tertiary/aromatic N) is 4. The number of carbonyl (C=O) groups is 1. The summed E-state index contributed by atoms with van der Waals surface area (Å²) in [5.41, 5.74) is -1.18. The summed E-state index contributed by atoms with van der Waals surface area (Å²) < 4.78 is 57.3. The van der Waals surface area contributed by atoms with Gasteiger partial charge in [0, 0.05) is 61.4 Å². The highest BCUT2D eigenvalue weighted by molar-refractivity contribution is 7.44. The van der Waals surface area contributed by atoms with Crippen LogP contribution in [0.25, 0.3) is 0 Å². The summed E-state index contributed by atoms with van der Waals surface area (Å²) in [4.78, 5) is 71.8. The molecular formula is C57H76N7O13PSi. The van der Waals surface area contributed by atoms with E-state index in [-0.39, 0.29) is 56.1 Å². The maximum atomic E-state index is 14.9. The van der Waals surface area contributed by atoms with E-state index in [1.807, 2.05) is 107 Å². The van der Waals surface area contributed by atoms with Crippen LogP contribution in [0, 0.1) is 24.2 Å². The number of amides is 1. The van der Waals surface area contributed by atoms with E-state index < -0.39 is 93.6 Å². The van der Waals surface area contributed by atoms with Crippen molar-refractivity contribution < 1.29 is 42.0 Å². The molecule has 7 rings (SSSR count). The van der Waals surface area contributed by atoms with Gasteiger partial charge in [0.15, 0.2) is 8.32 Å². The van der Waals surface area contributed by atoms with E-state index >= 15 is 0 Å². The van der Waals surface area contributed by atoms with E-state index in [0.717, 1.165) is 16.7 Å². The Bertz CT molecular complexity index is 3060. The van der Waals surface area contributed by atoms with Gasteiger partial charge in [0.1, 0.15) is 41.8 Å². The average molecular weight is 1130 g/mol. The molecule has 0 radical (unpaired) electrons. The Morgan fingerprint density at radius 3 is 2.00 bits per heavy atom. The van der Waals surface area contributed by atoms with Gasteiger partial charge in [-0.3, -0.25) is 33.5 Å². The van der Waals surface area contributed by atoms with Gasteiger partial charge >= 0.3 is 11.4 Å². The zero-order valence-corrected chi connectivity index (χ0v) is 49.1. The average Bonchev–Trinajstić information content (AvgIpc) is 3.99. The van der Waals surface area contributed by atoms with Crippen molar-refractivity contribution in [1.82, 2.24) is 29.1 Å². The number of methoxy groups -OCH3 is 2. The molecular weight excluding hydrogens is 1050 g/mol. The number of nitriles is 1. The Kier molecular flexibility index (Phi) is 20.0. The first-order valence-electron chi connectivity index (χ1n) is 26.6. The van der Waals surface area contributed by atoms with Crippen molar-refractivity contribution in [3.05, 3.63) is 161 Å². The molecule has 8 atom stereocenters. The van der Waals surface area contributed by atoms with Crippen LogP contribution < -0.4 is 37.3 Å². The minimum atomic E-state index is -2.76. The van der Waals surface area contributed by atoms with Crippen molar-refractivity contribution in [2.45, 2.75) is 147 Å². The van der Waals surface area contributed by atoms with Crippen LogP contribution in [-0.2, 0) is 38.1 Å². The van der Waals surface area contributed by atoms with Crippen molar-refractivity contribution in [1.29, 1.82) is 5.26 Å². The van der Waals surface area contributed by atoms with Crippen LogP contribution in [0.3, 0.4) is 0 Å². The second kappa shape index (κ2) is 26.0. The topological polar surface area (TPSA) is 240 Å². The number of hydrogen-bond donors (Lipinski definition) is 3. The zero-order chi connectivity index (χ0) is 57.4. The first kappa shape index (κ1) is 60.6. The number of rotatable bonds is 24. The summed E-state index contributed by atoms with van der Waals surface area (Å²) >= 11 is 0. The molecule has 2 saturated heterocycles. The molecule has 5 aromatic rings. The van der Waals surface area contributed by atoms with Crippen molar-refractivity contribution in [2.75, 3.05) is 34.0 Å². The molecule has 426 valence electrons. The third kappa shape index (κ3) is 13.9. The summed E-state index contributed by atoms with van der Waals surface area (Å²) in [6.45, 7) is 20.1. The number of H-pyrrole nitrogens is 2. The molecule has 2 aromatic heterocycles. The number of aryl methyl sites for hydroxylation is 1. The molecule has 0 aliphatic carbocycles. The number of ether oxygens (including phenoxy) is 5.